The highest BCUT2D eigenvalue weighted by atomic mass is 32.1. The van der Waals surface area contributed by atoms with Gasteiger partial charge in [0.25, 0.3) is 0 Å². The lowest BCUT2D eigenvalue weighted by Gasteiger charge is -2.19. The fourth-order valence-corrected chi connectivity index (χ4v) is 1.62. The lowest BCUT2D eigenvalue weighted by molar-refractivity contribution is -0.124. The largest absolute Gasteiger partial charge is 0.392 e. The molecular formula is C11H15N3OS. The van der Waals surface area contributed by atoms with Crippen molar-refractivity contribution in [3.63, 3.8) is 0 Å². The highest BCUT2D eigenvalue weighted by Gasteiger charge is 2.23. The number of nitrogens with one attached hydrogen (secondary N) is 1. The van der Waals surface area contributed by atoms with Crippen LogP contribution in [-0.2, 0) is 4.79 Å². The molecule has 0 saturated heterocycles. The van der Waals surface area contributed by atoms with Crippen molar-refractivity contribution in [2.24, 2.45) is 5.73 Å². The molecule has 1 atom stereocenters. The summed E-state index contributed by atoms with van der Waals surface area (Å²) in [5, 5.41) is 1.57. The molecule has 0 radical (unpaired) electrons. The van der Waals surface area contributed by atoms with E-state index in [1.807, 2.05) is 30.3 Å². The maximum absolute atomic E-state index is 11.9. The summed E-state index contributed by atoms with van der Waals surface area (Å²) in [6.45, 7) is 0. The van der Waals surface area contributed by atoms with Crippen LogP contribution in [0.3, 0.4) is 0 Å². The van der Waals surface area contributed by atoms with Gasteiger partial charge in [-0.2, -0.15) is 0 Å². The van der Waals surface area contributed by atoms with E-state index in [2.05, 4.69) is 5.43 Å². The van der Waals surface area contributed by atoms with Crippen molar-refractivity contribution in [1.29, 1.82) is 0 Å². The van der Waals surface area contributed by atoms with Crippen LogP contribution in [0.15, 0.2) is 30.3 Å². The van der Waals surface area contributed by atoms with E-state index in [1.165, 1.54) is 0 Å². The van der Waals surface area contributed by atoms with Crippen molar-refractivity contribution >= 4 is 23.1 Å². The van der Waals surface area contributed by atoms with Crippen LogP contribution in [0.2, 0.25) is 0 Å². The first-order chi connectivity index (χ1) is 7.52. The summed E-state index contributed by atoms with van der Waals surface area (Å²) >= 11 is 4.93. The Morgan fingerprint density at radius 2 is 1.94 bits per heavy atom. The molecule has 1 aromatic carbocycles. The standard InChI is InChI=1S/C11H15N3OS/c1-14(2)13-11(15)9(10(12)16)8-6-4-3-5-7-8/h3-7,9H,1-2H3,(H2,12,16)(H,13,15). The number of nitrogens with zero attached hydrogens (tertiary/aromatic N) is 1. The maximum atomic E-state index is 11.9. The van der Waals surface area contributed by atoms with Crippen molar-refractivity contribution in [3.8, 4) is 0 Å². The summed E-state index contributed by atoms with van der Waals surface area (Å²) in [6, 6.07) is 9.25. The van der Waals surface area contributed by atoms with Gasteiger partial charge in [0.2, 0.25) is 5.91 Å². The van der Waals surface area contributed by atoms with Gasteiger partial charge in [0.05, 0.1) is 4.99 Å². The Hall–Kier alpha value is -1.46. The third kappa shape index (κ3) is 3.29. The summed E-state index contributed by atoms with van der Waals surface area (Å²) in [7, 11) is 3.47. The molecule has 16 heavy (non-hydrogen) atoms. The van der Waals surface area contributed by atoms with Crippen LogP contribution in [0.25, 0.3) is 0 Å². The Labute approximate surface area is 100 Å². The zero-order chi connectivity index (χ0) is 12.1. The number of carbonyl (C=O) groups excluding carboxylic acids is 1. The van der Waals surface area contributed by atoms with Gasteiger partial charge in [-0.15, -0.1) is 0 Å². The van der Waals surface area contributed by atoms with Crippen LogP contribution >= 0.6 is 12.2 Å². The molecule has 4 nitrogen and oxygen atoms in total. The Bertz CT molecular complexity index is 378. The zero-order valence-electron chi connectivity index (χ0n) is 9.31. The highest BCUT2D eigenvalue weighted by molar-refractivity contribution is 7.80. The summed E-state index contributed by atoms with van der Waals surface area (Å²) in [4.78, 5) is 12.0. The van der Waals surface area contributed by atoms with E-state index in [0.29, 0.717) is 0 Å². The van der Waals surface area contributed by atoms with Gasteiger partial charge >= 0.3 is 0 Å². The number of hydrazine groups is 1. The average molecular weight is 237 g/mol. The Balaban J connectivity index is 2.92. The van der Waals surface area contributed by atoms with Gasteiger partial charge < -0.3 is 5.73 Å². The number of rotatable bonds is 4. The van der Waals surface area contributed by atoms with Gasteiger partial charge in [0, 0.05) is 14.1 Å². The van der Waals surface area contributed by atoms with Gasteiger partial charge in [0.15, 0.2) is 0 Å². The van der Waals surface area contributed by atoms with Crippen LogP contribution in [0.1, 0.15) is 11.5 Å². The number of hydrogen-bond acceptors (Lipinski definition) is 3. The first kappa shape index (κ1) is 12.6. The lowest BCUT2D eigenvalue weighted by Crippen LogP contribution is -2.42. The van der Waals surface area contributed by atoms with E-state index in [4.69, 9.17) is 18.0 Å². The van der Waals surface area contributed by atoms with Gasteiger partial charge in [-0.25, -0.2) is 5.01 Å². The molecule has 0 bridgehead atoms. The van der Waals surface area contributed by atoms with Crippen LogP contribution in [0.5, 0.6) is 0 Å². The lowest BCUT2D eigenvalue weighted by atomic mass is 9.98. The van der Waals surface area contributed by atoms with Gasteiger partial charge in [-0.3, -0.25) is 10.2 Å². The molecule has 86 valence electrons. The SMILES string of the molecule is CN(C)NC(=O)C(C(N)=S)c1ccccc1. The molecule has 5 heteroatoms. The minimum Gasteiger partial charge on any atom is -0.392 e. The number of thiocarbonyl (C=S) groups is 1. The summed E-state index contributed by atoms with van der Waals surface area (Å²) in [6.07, 6.45) is 0. The second-order valence-electron chi connectivity index (χ2n) is 3.62. The average Bonchev–Trinajstić information content (AvgIpc) is 2.17. The molecule has 3 N–H and O–H groups in total. The molecule has 1 rings (SSSR count). The first-order valence-electron chi connectivity index (χ1n) is 4.84. The summed E-state index contributed by atoms with van der Waals surface area (Å²) in [5.41, 5.74) is 9.05. The van der Waals surface area contributed by atoms with E-state index in [9.17, 15) is 4.79 Å². The first-order valence-corrected chi connectivity index (χ1v) is 5.25. The zero-order valence-corrected chi connectivity index (χ0v) is 10.1. The molecule has 1 aromatic rings. The summed E-state index contributed by atoms with van der Waals surface area (Å²) in [5.74, 6) is -0.803. The monoisotopic (exact) mass is 237 g/mol. The second-order valence-corrected chi connectivity index (χ2v) is 4.09. The van der Waals surface area contributed by atoms with E-state index >= 15 is 0 Å². The van der Waals surface area contributed by atoms with E-state index in [1.54, 1.807) is 19.1 Å². The van der Waals surface area contributed by atoms with Crippen LogP contribution in [0, 0.1) is 0 Å². The Morgan fingerprint density at radius 3 is 2.38 bits per heavy atom. The molecule has 0 saturated carbocycles. The summed E-state index contributed by atoms with van der Waals surface area (Å²) < 4.78 is 0. The predicted octanol–water partition coefficient (Wildman–Crippen LogP) is 0.649. The number of hydrogen-bond donors (Lipinski definition) is 2. The molecule has 0 fully saturated rings. The fraction of sp³-hybridized carbons (Fsp3) is 0.273. The molecule has 0 heterocycles. The van der Waals surface area contributed by atoms with Gasteiger partial charge in [0.1, 0.15) is 5.92 Å². The van der Waals surface area contributed by atoms with Crippen LogP contribution in [-0.4, -0.2) is 30.0 Å². The van der Waals surface area contributed by atoms with Crippen LogP contribution < -0.4 is 11.2 Å². The topological polar surface area (TPSA) is 58.4 Å². The molecule has 0 spiro atoms. The van der Waals surface area contributed by atoms with E-state index < -0.39 is 5.92 Å². The Kier molecular flexibility index (Phi) is 4.39. The molecule has 1 amide bonds. The van der Waals surface area contributed by atoms with Crippen molar-refractivity contribution in [2.45, 2.75) is 5.92 Å². The molecule has 0 aromatic heterocycles. The minimum atomic E-state index is -0.585. The fourth-order valence-electron chi connectivity index (χ4n) is 1.38. The number of amides is 1. The van der Waals surface area contributed by atoms with Crippen molar-refractivity contribution in [1.82, 2.24) is 10.4 Å². The number of benzene rings is 1. The molecule has 0 aliphatic heterocycles. The second kappa shape index (κ2) is 5.58. The third-order valence-corrected chi connectivity index (χ3v) is 2.25. The van der Waals surface area contributed by atoms with Crippen LogP contribution in [0.4, 0.5) is 0 Å². The van der Waals surface area contributed by atoms with Gasteiger partial charge in [-0.1, -0.05) is 42.5 Å². The predicted molar refractivity (Wildman–Crippen MR) is 67.8 cm³/mol. The normalized spacial score (nSPS) is 12.2. The number of nitrogens with two attached hydrogens (primary N) is 1. The Morgan fingerprint density at radius 1 is 1.38 bits per heavy atom. The van der Waals surface area contributed by atoms with Crippen molar-refractivity contribution in [2.75, 3.05) is 14.1 Å². The molecule has 0 aliphatic carbocycles. The molecule has 0 aliphatic rings. The number of carbonyl (C=O) groups is 1. The van der Waals surface area contributed by atoms with E-state index in [0.717, 1.165) is 5.56 Å². The smallest absolute Gasteiger partial charge is 0.248 e. The molecule has 1 unspecified atom stereocenters. The highest BCUT2D eigenvalue weighted by Crippen LogP contribution is 2.16. The quantitative estimate of drug-likeness (QED) is 0.596. The molecular weight excluding hydrogens is 222 g/mol. The third-order valence-electron chi connectivity index (χ3n) is 2.01. The van der Waals surface area contributed by atoms with Crippen molar-refractivity contribution < 1.29 is 4.79 Å². The minimum absolute atomic E-state index is 0.172. The maximum Gasteiger partial charge on any atom is 0.248 e. The van der Waals surface area contributed by atoms with Gasteiger partial charge in [-0.05, 0) is 5.56 Å². The van der Waals surface area contributed by atoms with E-state index in [-0.39, 0.29) is 10.9 Å². The van der Waals surface area contributed by atoms with Crippen molar-refractivity contribution in [3.05, 3.63) is 35.9 Å².